The van der Waals surface area contributed by atoms with Crippen molar-refractivity contribution in [3.8, 4) is 5.75 Å². The fourth-order valence-electron chi connectivity index (χ4n) is 1.93. The molecule has 1 saturated heterocycles. The summed E-state index contributed by atoms with van der Waals surface area (Å²) in [5.41, 5.74) is 0. The Morgan fingerprint density at radius 2 is 2.30 bits per heavy atom. The summed E-state index contributed by atoms with van der Waals surface area (Å²) in [6.07, 6.45) is -0.383. The summed E-state index contributed by atoms with van der Waals surface area (Å²) in [7, 11) is 0. The number of aliphatic hydroxyl groups excluding tert-OH is 1. The number of ether oxygens (including phenoxy) is 1. The number of benzene rings is 1. The lowest BCUT2D eigenvalue weighted by molar-refractivity contribution is -0.123. The maximum atomic E-state index is 11.6. The first-order chi connectivity index (χ1) is 9.15. The van der Waals surface area contributed by atoms with Crippen LogP contribution in [0.5, 0.6) is 5.75 Å². The van der Waals surface area contributed by atoms with E-state index in [1.165, 1.54) is 0 Å². The monoisotopic (exact) mass is 364 g/mol. The third kappa shape index (κ3) is 5.28. The van der Waals surface area contributed by atoms with Crippen LogP contribution in [0, 0.1) is 5.92 Å². The van der Waals surface area contributed by atoms with Gasteiger partial charge in [0.15, 0.2) is 6.61 Å². The zero-order valence-electron chi connectivity index (χ0n) is 10.8. The molecule has 0 radical (unpaired) electrons. The highest BCUT2D eigenvalue weighted by Gasteiger charge is 2.24. The molecule has 0 aliphatic carbocycles. The number of carbonyl (C=O) groups is 1. The Morgan fingerprint density at radius 3 is 2.95 bits per heavy atom. The van der Waals surface area contributed by atoms with Gasteiger partial charge in [-0.25, -0.2) is 0 Å². The van der Waals surface area contributed by atoms with Crippen molar-refractivity contribution in [2.75, 3.05) is 26.2 Å². The molecule has 0 aromatic heterocycles. The summed E-state index contributed by atoms with van der Waals surface area (Å²) in [5, 5.41) is 15.4. The predicted molar refractivity (Wildman–Crippen MR) is 82.3 cm³/mol. The second-order valence-electron chi connectivity index (χ2n) is 4.54. The van der Waals surface area contributed by atoms with Gasteiger partial charge in [-0.15, -0.1) is 12.4 Å². The number of rotatable bonds is 5. The number of halogens is 2. The molecule has 0 bridgehead atoms. The maximum Gasteiger partial charge on any atom is 0.257 e. The van der Waals surface area contributed by atoms with E-state index in [0.717, 1.165) is 11.0 Å². The second kappa shape index (κ2) is 8.46. The summed E-state index contributed by atoms with van der Waals surface area (Å²) in [6.45, 7) is 1.77. The predicted octanol–water partition coefficient (Wildman–Crippen LogP) is 0.946. The smallest absolute Gasteiger partial charge is 0.257 e. The molecule has 1 aliphatic rings. The molecular formula is C13H18BrClN2O3. The summed E-state index contributed by atoms with van der Waals surface area (Å²) in [6, 6.07) is 7.33. The summed E-state index contributed by atoms with van der Waals surface area (Å²) < 4.78 is 6.28. The van der Waals surface area contributed by atoms with E-state index >= 15 is 0 Å². The van der Waals surface area contributed by atoms with Gasteiger partial charge in [0, 0.05) is 30.0 Å². The van der Waals surface area contributed by atoms with E-state index in [9.17, 15) is 9.90 Å². The van der Waals surface area contributed by atoms with Gasteiger partial charge in [-0.2, -0.15) is 0 Å². The highest BCUT2D eigenvalue weighted by molar-refractivity contribution is 9.10. The highest BCUT2D eigenvalue weighted by atomic mass is 79.9. The summed E-state index contributed by atoms with van der Waals surface area (Å²) in [5.74, 6) is 0.543. The Kier molecular flexibility index (Phi) is 7.29. The number of hydrogen-bond donors (Lipinski definition) is 3. The fourth-order valence-corrected chi connectivity index (χ4v) is 2.31. The highest BCUT2D eigenvalue weighted by Crippen LogP contribution is 2.17. The Bertz CT molecular complexity index is 447. The Labute approximate surface area is 132 Å². The second-order valence-corrected chi connectivity index (χ2v) is 5.45. The molecule has 112 valence electrons. The van der Waals surface area contributed by atoms with Crippen LogP contribution in [0.1, 0.15) is 0 Å². The first-order valence-corrected chi connectivity index (χ1v) is 6.98. The Balaban J connectivity index is 0.00000200. The number of carbonyl (C=O) groups excluding carboxylic acids is 1. The van der Waals surface area contributed by atoms with Gasteiger partial charge in [0.1, 0.15) is 5.75 Å². The van der Waals surface area contributed by atoms with Gasteiger partial charge < -0.3 is 20.5 Å². The number of hydrogen-bond acceptors (Lipinski definition) is 4. The molecule has 5 nitrogen and oxygen atoms in total. The zero-order chi connectivity index (χ0) is 13.7. The molecule has 1 aliphatic heterocycles. The van der Waals surface area contributed by atoms with Gasteiger partial charge in [-0.1, -0.05) is 22.0 Å². The number of amides is 1. The first kappa shape index (κ1) is 17.2. The number of aliphatic hydroxyl groups is 1. The van der Waals surface area contributed by atoms with E-state index in [1.807, 2.05) is 12.1 Å². The SMILES string of the molecule is Cl.O=C(COc1cccc(Br)c1)NCC1CNCC1O. The molecule has 20 heavy (non-hydrogen) atoms. The van der Waals surface area contributed by atoms with E-state index < -0.39 is 0 Å². The van der Waals surface area contributed by atoms with Crippen LogP contribution in [-0.2, 0) is 4.79 Å². The van der Waals surface area contributed by atoms with Crippen molar-refractivity contribution in [1.29, 1.82) is 0 Å². The first-order valence-electron chi connectivity index (χ1n) is 6.19. The molecular weight excluding hydrogens is 348 g/mol. The molecule has 2 unspecified atom stereocenters. The van der Waals surface area contributed by atoms with Gasteiger partial charge in [-0.3, -0.25) is 4.79 Å². The Hall–Kier alpha value is -0.820. The van der Waals surface area contributed by atoms with Gasteiger partial charge >= 0.3 is 0 Å². The molecule has 0 spiro atoms. The average Bonchev–Trinajstić information content (AvgIpc) is 2.80. The standard InChI is InChI=1S/C13H17BrN2O3.ClH/c14-10-2-1-3-11(4-10)19-8-13(18)16-6-9-5-15-7-12(9)17;/h1-4,9,12,15,17H,5-8H2,(H,16,18);1H. The van der Waals surface area contributed by atoms with E-state index in [2.05, 4.69) is 26.6 Å². The topological polar surface area (TPSA) is 70.6 Å². The summed E-state index contributed by atoms with van der Waals surface area (Å²) >= 11 is 3.34. The van der Waals surface area contributed by atoms with Crippen LogP contribution in [0.3, 0.4) is 0 Å². The molecule has 1 amide bonds. The molecule has 2 atom stereocenters. The van der Waals surface area contributed by atoms with Crippen LogP contribution in [0.15, 0.2) is 28.7 Å². The number of nitrogens with one attached hydrogen (secondary N) is 2. The van der Waals surface area contributed by atoms with Crippen molar-refractivity contribution in [1.82, 2.24) is 10.6 Å². The fraction of sp³-hybridized carbons (Fsp3) is 0.462. The largest absolute Gasteiger partial charge is 0.484 e. The van der Waals surface area contributed by atoms with E-state index in [-0.39, 0.29) is 36.9 Å². The lowest BCUT2D eigenvalue weighted by atomic mass is 10.1. The molecule has 2 rings (SSSR count). The van der Waals surface area contributed by atoms with E-state index in [0.29, 0.717) is 18.8 Å². The van der Waals surface area contributed by atoms with Crippen molar-refractivity contribution >= 4 is 34.2 Å². The summed E-state index contributed by atoms with van der Waals surface area (Å²) in [4.78, 5) is 11.6. The van der Waals surface area contributed by atoms with Gasteiger partial charge in [0.05, 0.1) is 6.10 Å². The van der Waals surface area contributed by atoms with Crippen molar-refractivity contribution in [2.24, 2.45) is 5.92 Å². The zero-order valence-corrected chi connectivity index (χ0v) is 13.2. The molecule has 7 heteroatoms. The third-order valence-corrected chi connectivity index (χ3v) is 3.52. The number of β-amino-alcohol motifs (C(OH)–C–C–N with tert-alkyl or cyclic N) is 1. The Morgan fingerprint density at radius 1 is 1.50 bits per heavy atom. The minimum Gasteiger partial charge on any atom is -0.484 e. The van der Waals surface area contributed by atoms with E-state index in [4.69, 9.17) is 4.74 Å². The van der Waals surface area contributed by atoms with Gasteiger partial charge in [0.2, 0.25) is 0 Å². The molecule has 1 aromatic rings. The minimum atomic E-state index is -0.383. The van der Waals surface area contributed by atoms with Crippen molar-refractivity contribution < 1.29 is 14.6 Å². The van der Waals surface area contributed by atoms with Crippen molar-refractivity contribution in [3.63, 3.8) is 0 Å². The van der Waals surface area contributed by atoms with Gasteiger partial charge in [0.25, 0.3) is 5.91 Å². The third-order valence-electron chi connectivity index (χ3n) is 3.03. The average molecular weight is 366 g/mol. The minimum absolute atomic E-state index is 0. The van der Waals surface area contributed by atoms with Crippen LogP contribution >= 0.6 is 28.3 Å². The van der Waals surface area contributed by atoms with Crippen LogP contribution in [0.2, 0.25) is 0 Å². The maximum absolute atomic E-state index is 11.6. The van der Waals surface area contributed by atoms with E-state index in [1.54, 1.807) is 12.1 Å². The van der Waals surface area contributed by atoms with Crippen molar-refractivity contribution in [2.45, 2.75) is 6.10 Å². The van der Waals surface area contributed by atoms with Gasteiger partial charge in [-0.05, 0) is 18.2 Å². The van der Waals surface area contributed by atoms with Crippen LogP contribution in [0.4, 0.5) is 0 Å². The van der Waals surface area contributed by atoms with Crippen molar-refractivity contribution in [3.05, 3.63) is 28.7 Å². The molecule has 3 N–H and O–H groups in total. The quantitative estimate of drug-likeness (QED) is 0.726. The molecule has 0 saturated carbocycles. The normalized spacial score (nSPS) is 21.1. The van der Waals surface area contributed by atoms with Crippen LogP contribution < -0.4 is 15.4 Å². The lowest BCUT2D eigenvalue weighted by Gasteiger charge is -2.14. The molecule has 1 aromatic carbocycles. The molecule has 1 fully saturated rings. The van der Waals surface area contributed by atoms with Crippen LogP contribution in [0.25, 0.3) is 0 Å². The van der Waals surface area contributed by atoms with Crippen LogP contribution in [-0.4, -0.2) is 43.4 Å². The molecule has 1 heterocycles. The lowest BCUT2D eigenvalue weighted by Crippen LogP contribution is -2.36.